The third-order valence-electron chi connectivity index (χ3n) is 2.61. The maximum absolute atomic E-state index is 12.5. The number of carbonyl (C=O) groups excluding carboxylic acids is 2. The number of carbonyl (C=O) groups is 2. The van der Waals surface area contributed by atoms with Gasteiger partial charge in [0, 0.05) is 21.5 Å². The molecule has 0 heterocycles. The fourth-order valence-electron chi connectivity index (χ4n) is 1.70. The first-order chi connectivity index (χ1) is 9.35. The van der Waals surface area contributed by atoms with E-state index in [4.69, 9.17) is 0 Å². The van der Waals surface area contributed by atoms with Gasteiger partial charge < -0.3 is 10.2 Å². The monoisotopic (exact) mass is 404 g/mol. The van der Waals surface area contributed by atoms with E-state index in [-0.39, 0.29) is 24.4 Å². The van der Waals surface area contributed by atoms with Crippen molar-refractivity contribution < 1.29 is 9.59 Å². The van der Waals surface area contributed by atoms with Crippen LogP contribution in [0.2, 0.25) is 0 Å². The van der Waals surface area contributed by atoms with Gasteiger partial charge in [-0.2, -0.15) is 0 Å². The van der Waals surface area contributed by atoms with Crippen LogP contribution in [0.15, 0.2) is 27.1 Å². The van der Waals surface area contributed by atoms with E-state index in [1.54, 1.807) is 12.1 Å². The lowest BCUT2D eigenvalue weighted by Gasteiger charge is -2.21. The highest BCUT2D eigenvalue weighted by Crippen LogP contribution is 2.22. The highest BCUT2D eigenvalue weighted by molar-refractivity contribution is 9.11. The second-order valence-electron chi connectivity index (χ2n) is 4.67. The molecule has 0 aromatic heterocycles. The van der Waals surface area contributed by atoms with Crippen molar-refractivity contribution in [3.05, 3.63) is 32.7 Å². The first-order valence-corrected chi connectivity index (χ1v) is 7.97. The third kappa shape index (κ3) is 4.90. The van der Waals surface area contributed by atoms with Crippen LogP contribution < -0.4 is 5.32 Å². The zero-order chi connectivity index (χ0) is 15.3. The Morgan fingerprint density at radius 3 is 2.50 bits per heavy atom. The van der Waals surface area contributed by atoms with Gasteiger partial charge in [0.2, 0.25) is 5.91 Å². The predicted octanol–water partition coefficient (Wildman–Crippen LogP) is 3.20. The highest BCUT2D eigenvalue weighted by Gasteiger charge is 2.19. The molecule has 1 aromatic carbocycles. The van der Waals surface area contributed by atoms with E-state index in [2.05, 4.69) is 37.2 Å². The molecule has 6 heteroatoms. The molecule has 0 saturated carbocycles. The van der Waals surface area contributed by atoms with Crippen LogP contribution >= 0.6 is 31.9 Å². The molecule has 20 heavy (non-hydrogen) atoms. The molecule has 4 nitrogen and oxygen atoms in total. The molecule has 0 radical (unpaired) electrons. The van der Waals surface area contributed by atoms with E-state index < -0.39 is 0 Å². The lowest BCUT2D eigenvalue weighted by Crippen LogP contribution is -2.42. The third-order valence-corrected chi connectivity index (χ3v) is 3.80. The second-order valence-corrected chi connectivity index (χ2v) is 6.44. The van der Waals surface area contributed by atoms with Gasteiger partial charge >= 0.3 is 0 Å². The number of hydrogen-bond acceptors (Lipinski definition) is 2. The lowest BCUT2D eigenvalue weighted by atomic mass is 10.2. The summed E-state index contributed by atoms with van der Waals surface area (Å²) in [6.07, 6.45) is 0. The average Bonchev–Trinajstić information content (AvgIpc) is 2.37. The van der Waals surface area contributed by atoms with Crippen molar-refractivity contribution in [2.75, 3.05) is 13.1 Å². The smallest absolute Gasteiger partial charge is 0.255 e. The number of rotatable bonds is 5. The van der Waals surface area contributed by atoms with Gasteiger partial charge in [-0.25, -0.2) is 0 Å². The number of benzene rings is 1. The molecule has 1 aromatic rings. The average molecular weight is 406 g/mol. The zero-order valence-electron chi connectivity index (χ0n) is 11.7. The summed E-state index contributed by atoms with van der Waals surface area (Å²) in [5.41, 5.74) is 0.540. The fraction of sp³-hybridized carbons (Fsp3) is 0.429. The van der Waals surface area contributed by atoms with E-state index in [1.807, 2.05) is 26.8 Å². The molecule has 0 aliphatic rings. The summed E-state index contributed by atoms with van der Waals surface area (Å²) in [5, 5.41) is 2.79. The Labute approximate surface area is 136 Å². The number of amides is 2. The molecule has 0 aliphatic carbocycles. The molecule has 0 aliphatic heterocycles. The van der Waals surface area contributed by atoms with Crippen LogP contribution in [0.4, 0.5) is 0 Å². The number of likely N-dealkylation sites (N-methyl/N-ethyl adjacent to an activating group) is 1. The molecule has 0 saturated heterocycles. The number of hydrogen-bond donors (Lipinski definition) is 1. The van der Waals surface area contributed by atoms with Gasteiger partial charge in [0.1, 0.15) is 0 Å². The summed E-state index contributed by atoms with van der Waals surface area (Å²) in [6.45, 7) is 6.17. The molecule has 110 valence electrons. The van der Waals surface area contributed by atoms with Gasteiger partial charge in [-0.3, -0.25) is 9.59 Å². The summed E-state index contributed by atoms with van der Waals surface area (Å²) >= 11 is 6.71. The van der Waals surface area contributed by atoms with Crippen LogP contribution in [0, 0.1) is 0 Å². The summed E-state index contributed by atoms with van der Waals surface area (Å²) in [5.74, 6) is -0.319. The van der Waals surface area contributed by atoms with E-state index in [0.717, 1.165) is 4.47 Å². The van der Waals surface area contributed by atoms with Crippen molar-refractivity contribution in [3.63, 3.8) is 0 Å². The zero-order valence-corrected chi connectivity index (χ0v) is 14.9. The molecule has 0 unspecified atom stereocenters. The SMILES string of the molecule is CCN(CC(=O)NC(C)C)C(=O)c1cc(Br)ccc1Br. The molecule has 2 amide bonds. The minimum Gasteiger partial charge on any atom is -0.352 e. The van der Waals surface area contributed by atoms with Crippen molar-refractivity contribution in [2.24, 2.45) is 0 Å². The number of halogens is 2. The van der Waals surface area contributed by atoms with Crippen molar-refractivity contribution in [1.82, 2.24) is 10.2 Å². The van der Waals surface area contributed by atoms with Crippen molar-refractivity contribution in [3.8, 4) is 0 Å². The molecule has 0 spiro atoms. The van der Waals surface area contributed by atoms with Crippen molar-refractivity contribution >= 4 is 43.7 Å². The minimum absolute atomic E-state index is 0.0620. The summed E-state index contributed by atoms with van der Waals surface area (Å²) in [7, 11) is 0. The first-order valence-electron chi connectivity index (χ1n) is 6.38. The number of nitrogens with zero attached hydrogens (tertiary/aromatic N) is 1. The van der Waals surface area contributed by atoms with E-state index >= 15 is 0 Å². The van der Waals surface area contributed by atoms with Crippen LogP contribution in [0.1, 0.15) is 31.1 Å². The second kappa shape index (κ2) is 7.78. The van der Waals surface area contributed by atoms with Crippen molar-refractivity contribution in [1.29, 1.82) is 0 Å². The normalized spacial score (nSPS) is 10.5. The Hall–Kier alpha value is -0.880. The van der Waals surface area contributed by atoms with Crippen LogP contribution in [-0.4, -0.2) is 35.8 Å². The minimum atomic E-state index is -0.167. The maximum atomic E-state index is 12.5. The van der Waals surface area contributed by atoms with Gasteiger partial charge in [0.25, 0.3) is 5.91 Å². The van der Waals surface area contributed by atoms with Gasteiger partial charge in [0.05, 0.1) is 12.1 Å². The van der Waals surface area contributed by atoms with Crippen LogP contribution in [-0.2, 0) is 4.79 Å². The Morgan fingerprint density at radius 2 is 1.95 bits per heavy atom. The van der Waals surface area contributed by atoms with Crippen molar-refractivity contribution in [2.45, 2.75) is 26.8 Å². The molecule has 0 fully saturated rings. The standard InChI is InChI=1S/C14H18Br2N2O2/c1-4-18(8-13(19)17-9(2)3)14(20)11-7-10(15)5-6-12(11)16/h5-7,9H,4,8H2,1-3H3,(H,17,19). The number of nitrogens with one attached hydrogen (secondary N) is 1. The molecule has 0 bridgehead atoms. The Morgan fingerprint density at radius 1 is 1.30 bits per heavy atom. The summed E-state index contributed by atoms with van der Waals surface area (Å²) in [6, 6.07) is 5.46. The Bertz CT molecular complexity index is 504. The van der Waals surface area contributed by atoms with Crippen LogP contribution in [0.3, 0.4) is 0 Å². The van der Waals surface area contributed by atoms with E-state index in [0.29, 0.717) is 16.6 Å². The largest absolute Gasteiger partial charge is 0.352 e. The van der Waals surface area contributed by atoms with Gasteiger partial charge in [-0.1, -0.05) is 15.9 Å². The topological polar surface area (TPSA) is 49.4 Å². The molecule has 1 N–H and O–H groups in total. The summed E-state index contributed by atoms with van der Waals surface area (Å²) in [4.78, 5) is 25.8. The molecular weight excluding hydrogens is 388 g/mol. The Kier molecular flexibility index (Phi) is 6.68. The summed E-state index contributed by atoms with van der Waals surface area (Å²) < 4.78 is 1.54. The maximum Gasteiger partial charge on any atom is 0.255 e. The van der Waals surface area contributed by atoms with Gasteiger partial charge in [-0.15, -0.1) is 0 Å². The fourth-order valence-corrected chi connectivity index (χ4v) is 2.48. The van der Waals surface area contributed by atoms with Gasteiger partial charge in [0.15, 0.2) is 0 Å². The molecular formula is C14H18Br2N2O2. The lowest BCUT2D eigenvalue weighted by molar-refractivity contribution is -0.122. The Balaban J connectivity index is 2.86. The molecule has 1 rings (SSSR count). The van der Waals surface area contributed by atoms with Gasteiger partial charge in [-0.05, 0) is 54.9 Å². The predicted molar refractivity (Wildman–Crippen MR) is 86.7 cm³/mol. The first kappa shape index (κ1) is 17.2. The van der Waals surface area contributed by atoms with Crippen LogP contribution in [0.5, 0.6) is 0 Å². The van der Waals surface area contributed by atoms with E-state index in [9.17, 15) is 9.59 Å². The van der Waals surface area contributed by atoms with E-state index in [1.165, 1.54) is 4.90 Å². The van der Waals surface area contributed by atoms with Crippen LogP contribution in [0.25, 0.3) is 0 Å². The molecule has 0 atom stereocenters. The quantitative estimate of drug-likeness (QED) is 0.817. The highest BCUT2D eigenvalue weighted by atomic mass is 79.9.